The maximum atomic E-state index is 13.6. The van der Waals surface area contributed by atoms with E-state index >= 15 is 0 Å². The van der Waals surface area contributed by atoms with Crippen molar-refractivity contribution >= 4 is 16.0 Å². The lowest BCUT2D eigenvalue weighted by Crippen LogP contribution is -2.44. The first-order valence-corrected chi connectivity index (χ1v) is 7.25. The molecule has 1 aromatic carbocycles. The lowest BCUT2D eigenvalue weighted by molar-refractivity contribution is 0.0696. The van der Waals surface area contributed by atoms with Gasteiger partial charge in [0.1, 0.15) is 10.7 Å². The van der Waals surface area contributed by atoms with Gasteiger partial charge in [0.25, 0.3) is 0 Å². The van der Waals surface area contributed by atoms with Gasteiger partial charge in [-0.3, -0.25) is 0 Å². The van der Waals surface area contributed by atoms with Crippen molar-refractivity contribution in [2.24, 2.45) is 0 Å². The molecule has 0 unspecified atom stereocenters. The number of hydrogen-bond donors (Lipinski definition) is 3. The summed E-state index contributed by atoms with van der Waals surface area (Å²) in [7, 11) is -4.23. The van der Waals surface area contributed by atoms with Crippen LogP contribution in [0.15, 0.2) is 23.1 Å². The van der Waals surface area contributed by atoms with E-state index in [1.54, 1.807) is 0 Å². The minimum Gasteiger partial charge on any atom is -0.478 e. The van der Waals surface area contributed by atoms with Gasteiger partial charge in [-0.2, -0.15) is 0 Å². The molecule has 0 saturated heterocycles. The fourth-order valence-corrected chi connectivity index (χ4v) is 3.14. The number of aliphatic hydroxyl groups excluding tert-OH is 1. The summed E-state index contributed by atoms with van der Waals surface area (Å²) in [5.74, 6) is -2.39. The molecular formula is C12H16FNO5S. The van der Waals surface area contributed by atoms with Crippen LogP contribution < -0.4 is 4.72 Å². The van der Waals surface area contributed by atoms with Crippen LogP contribution in [0.2, 0.25) is 0 Å². The van der Waals surface area contributed by atoms with E-state index in [9.17, 15) is 17.6 Å². The number of benzene rings is 1. The number of sulfonamides is 1. The van der Waals surface area contributed by atoms with E-state index in [0.29, 0.717) is 0 Å². The molecule has 0 aromatic heterocycles. The average molecular weight is 305 g/mol. The Morgan fingerprint density at radius 3 is 2.50 bits per heavy atom. The number of carbonyl (C=O) groups is 1. The molecule has 0 bridgehead atoms. The van der Waals surface area contributed by atoms with Gasteiger partial charge < -0.3 is 10.2 Å². The van der Waals surface area contributed by atoms with E-state index in [4.69, 9.17) is 10.2 Å². The van der Waals surface area contributed by atoms with E-state index in [1.165, 1.54) is 13.8 Å². The Labute approximate surface area is 116 Å². The maximum absolute atomic E-state index is 13.6. The second-order valence-electron chi connectivity index (χ2n) is 4.91. The molecule has 20 heavy (non-hydrogen) atoms. The molecular weight excluding hydrogens is 289 g/mol. The second-order valence-corrected chi connectivity index (χ2v) is 6.56. The number of hydrogen-bond acceptors (Lipinski definition) is 4. The standard InChI is InChI=1S/C12H16FNO5S/c1-12(2,5-6-15)14-20(18,19)10-7-8(11(16)17)3-4-9(10)13/h3-4,7,14-15H,5-6H2,1-2H3,(H,16,17). The van der Waals surface area contributed by atoms with E-state index < -0.39 is 32.2 Å². The van der Waals surface area contributed by atoms with E-state index in [-0.39, 0.29) is 18.6 Å². The SMILES string of the molecule is CC(C)(CCO)NS(=O)(=O)c1cc(C(=O)O)ccc1F. The summed E-state index contributed by atoms with van der Waals surface area (Å²) in [6.45, 7) is 2.81. The van der Waals surface area contributed by atoms with Crippen molar-refractivity contribution in [3.8, 4) is 0 Å². The number of aliphatic hydroxyl groups is 1. The summed E-state index contributed by atoms with van der Waals surface area (Å²) in [6.07, 6.45) is 0.131. The lowest BCUT2D eigenvalue weighted by atomic mass is 10.0. The second kappa shape index (κ2) is 5.86. The van der Waals surface area contributed by atoms with Gasteiger partial charge in [0.05, 0.1) is 5.56 Å². The summed E-state index contributed by atoms with van der Waals surface area (Å²) < 4.78 is 40.0. The van der Waals surface area contributed by atoms with Crippen molar-refractivity contribution in [2.45, 2.75) is 30.7 Å². The van der Waals surface area contributed by atoms with Gasteiger partial charge in [-0.05, 0) is 38.5 Å². The Bertz CT molecular complexity index is 612. The third-order valence-electron chi connectivity index (χ3n) is 2.62. The molecule has 0 aliphatic rings. The summed E-state index contributed by atoms with van der Waals surface area (Å²) in [5, 5.41) is 17.7. The molecule has 1 aromatic rings. The fourth-order valence-electron chi connectivity index (χ4n) is 1.59. The first-order chi connectivity index (χ1) is 9.09. The molecule has 0 spiro atoms. The van der Waals surface area contributed by atoms with Crippen molar-refractivity contribution in [3.05, 3.63) is 29.6 Å². The van der Waals surface area contributed by atoms with Gasteiger partial charge in [0.2, 0.25) is 10.0 Å². The number of carboxylic acid groups (broad SMARTS) is 1. The van der Waals surface area contributed by atoms with E-state index in [2.05, 4.69) is 4.72 Å². The molecule has 0 fully saturated rings. The fraction of sp³-hybridized carbons (Fsp3) is 0.417. The van der Waals surface area contributed by atoms with E-state index in [0.717, 1.165) is 18.2 Å². The van der Waals surface area contributed by atoms with Crippen molar-refractivity contribution in [1.29, 1.82) is 0 Å². The maximum Gasteiger partial charge on any atom is 0.335 e. The van der Waals surface area contributed by atoms with Crippen LogP contribution in [0.25, 0.3) is 0 Å². The zero-order valence-electron chi connectivity index (χ0n) is 11.1. The molecule has 3 N–H and O–H groups in total. The number of carboxylic acids is 1. The van der Waals surface area contributed by atoms with E-state index in [1.807, 2.05) is 0 Å². The number of halogens is 1. The van der Waals surface area contributed by atoms with Gasteiger partial charge in [-0.25, -0.2) is 22.3 Å². The van der Waals surface area contributed by atoms with Crippen molar-refractivity contribution < 1.29 is 27.8 Å². The van der Waals surface area contributed by atoms with Crippen molar-refractivity contribution in [1.82, 2.24) is 4.72 Å². The Morgan fingerprint density at radius 2 is 2.00 bits per heavy atom. The van der Waals surface area contributed by atoms with Crippen LogP contribution in [0.1, 0.15) is 30.6 Å². The van der Waals surface area contributed by atoms with Gasteiger partial charge >= 0.3 is 5.97 Å². The smallest absolute Gasteiger partial charge is 0.335 e. The summed E-state index contributed by atoms with van der Waals surface area (Å²) >= 11 is 0. The quantitative estimate of drug-likeness (QED) is 0.726. The Hall–Kier alpha value is -1.51. The molecule has 8 heteroatoms. The van der Waals surface area contributed by atoms with Gasteiger partial charge in [-0.15, -0.1) is 0 Å². The van der Waals surface area contributed by atoms with Crippen molar-refractivity contribution in [3.63, 3.8) is 0 Å². The molecule has 0 aliphatic carbocycles. The highest BCUT2D eigenvalue weighted by molar-refractivity contribution is 7.89. The third-order valence-corrected chi connectivity index (χ3v) is 4.33. The summed E-state index contributed by atoms with van der Waals surface area (Å²) in [6, 6.07) is 2.53. The monoisotopic (exact) mass is 305 g/mol. The lowest BCUT2D eigenvalue weighted by Gasteiger charge is -2.25. The topological polar surface area (TPSA) is 104 Å². The normalized spacial score (nSPS) is 12.4. The van der Waals surface area contributed by atoms with Crippen LogP contribution in [-0.4, -0.2) is 36.7 Å². The molecule has 0 atom stereocenters. The number of rotatable bonds is 6. The Balaban J connectivity index is 3.22. The van der Waals surface area contributed by atoms with Gasteiger partial charge in [0, 0.05) is 12.1 Å². The average Bonchev–Trinajstić information content (AvgIpc) is 2.26. The molecule has 112 valence electrons. The van der Waals surface area contributed by atoms with Crippen LogP contribution in [0, 0.1) is 5.82 Å². The Kier molecular flexibility index (Phi) is 4.85. The molecule has 0 saturated carbocycles. The highest BCUT2D eigenvalue weighted by Gasteiger charge is 2.28. The van der Waals surface area contributed by atoms with Crippen LogP contribution in [0.5, 0.6) is 0 Å². The highest BCUT2D eigenvalue weighted by atomic mass is 32.2. The van der Waals surface area contributed by atoms with Crippen LogP contribution in [0.4, 0.5) is 4.39 Å². The summed E-state index contributed by atoms with van der Waals surface area (Å²) in [5.41, 5.74) is -1.31. The summed E-state index contributed by atoms with van der Waals surface area (Å²) in [4.78, 5) is 10.1. The first-order valence-electron chi connectivity index (χ1n) is 5.77. The highest BCUT2D eigenvalue weighted by Crippen LogP contribution is 2.20. The Morgan fingerprint density at radius 1 is 1.40 bits per heavy atom. The minimum absolute atomic E-state index is 0.131. The molecule has 0 heterocycles. The molecule has 0 amide bonds. The number of nitrogens with one attached hydrogen (secondary N) is 1. The molecule has 6 nitrogen and oxygen atoms in total. The predicted octanol–water partition coefficient (Wildman–Crippen LogP) is 0.963. The molecule has 0 radical (unpaired) electrons. The largest absolute Gasteiger partial charge is 0.478 e. The number of aromatic carboxylic acids is 1. The van der Waals surface area contributed by atoms with Crippen LogP contribution in [0.3, 0.4) is 0 Å². The zero-order chi connectivity index (χ0) is 15.6. The van der Waals surface area contributed by atoms with Crippen LogP contribution in [-0.2, 0) is 10.0 Å². The minimum atomic E-state index is -4.23. The first kappa shape index (κ1) is 16.5. The third kappa shape index (κ3) is 3.99. The van der Waals surface area contributed by atoms with Crippen LogP contribution >= 0.6 is 0 Å². The van der Waals surface area contributed by atoms with Crippen molar-refractivity contribution in [2.75, 3.05) is 6.61 Å². The zero-order valence-corrected chi connectivity index (χ0v) is 11.9. The molecule has 0 aliphatic heterocycles. The van der Waals surface area contributed by atoms with Gasteiger partial charge in [-0.1, -0.05) is 0 Å². The van der Waals surface area contributed by atoms with Gasteiger partial charge in [0.15, 0.2) is 0 Å². The predicted molar refractivity (Wildman–Crippen MR) is 69.5 cm³/mol. The molecule has 1 rings (SSSR count).